The van der Waals surface area contributed by atoms with Crippen LogP contribution in [0.4, 0.5) is 0 Å². The number of rotatable bonds is 0. The van der Waals surface area contributed by atoms with Crippen LogP contribution >= 0.6 is 11.9 Å². The standard InChI is InChI=1S/Ca.ClHO.3H2O.2H/c;1-2;;;;;/h;2H;3*1H2;;. The van der Waals surface area contributed by atoms with Gasteiger partial charge in [-0.2, -0.15) is 0 Å². The van der Waals surface area contributed by atoms with Gasteiger partial charge in [0.05, 0.1) is 11.9 Å². The van der Waals surface area contributed by atoms with Gasteiger partial charge in [-0.15, -0.1) is 0 Å². The van der Waals surface area contributed by atoms with E-state index in [-0.39, 0.29) is 54.2 Å². The summed E-state index contributed by atoms with van der Waals surface area (Å²) in [4.78, 5) is 0. The molecule has 0 aromatic heterocycles. The van der Waals surface area contributed by atoms with Crippen molar-refractivity contribution < 1.29 is 21.1 Å². The maximum absolute atomic E-state index is 6.47. The first-order valence-electron chi connectivity index (χ1n) is 0.169. The first-order valence-corrected chi connectivity index (χ1v) is 0.507. The molecule has 0 aromatic rings. The Labute approximate surface area is 70.2 Å². The molecule has 4 nitrogen and oxygen atoms in total. The second kappa shape index (κ2) is 96.1. The molecule has 0 heterocycles. The van der Waals surface area contributed by atoms with Gasteiger partial charge in [-0.25, -0.2) is 0 Å². The molecule has 7 N–H and O–H groups in total. The minimum atomic E-state index is 0. The molecule has 0 aliphatic heterocycles. The van der Waals surface area contributed by atoms with Gasteiger partial charge in [0.1, 0.15) is 0 Å². The fourth-order valence-corrected chi connectivity index (χ4v) is 0. The van der Waals surface area contributed by atoms with E-state index in [1.165, 1.54) is 0 Å². The van der Waals surface area contributed by atoms with E-state index in [4.69, 9.17) is 4.66 Å². The summed E-state index contributed by atoms with van der Waals surface area (Å²) in [6.07, 6.45) is 0. The Morgan fingerprint density at radius 2 is 0.833 bits per heavy atom. The summed E-state index contributed by atoms with van der Waals surface area (Å²) in [5.41, 5.74) is 0. The van der Waals surface area contributed by atoms with Crippen molar-refractivity contribution in [3.63, 3.8) is 0 Å². The van der Waals surface area contributed by atoms with Crippen molar-refractivity contribution in [1.29, 1.82) is 0 Å². The van der Waals surface area contributed by atoms with E-state index in [1.54, 1.807) is 0 Å². The van der Waals surface area contributed by atoms with Crippen molar-refractivity contribution in [2.75, 3.05) is 0 Å². The molecule has 0 spiro atoms. The summed E-state index contributed by atoms with van der Waals surface area (Å²) in [5, 5.41) is 0. The van der Waals surface area contributed by atoms with Crippen LogP contribution in [0, 0.1) is 0 Å². The minimum absolute atomic E-state index is 0. The second-order valence-corrected chi connectivity index (χ2v) is 0. The normalized spacial score (nSPS) is 1.00. The molecule has 0 rings (SSSR count). The molecule has 42 valence electrons. The predicted octanol–water partition coefficient (Wildman–Crippen LogP) is -3.26. The van der Waals surface area contributed by atoms with E-state index in [1.807, 2.05) is 0 Å². The van der Waals surface area contributed by atoms with Crippen LogP contribution in [-0.4, -0.2) is 58.8 Å². The van der Waals surface area contributed by atoms with Crippen LogP contribution in [0.3, 0.4) is 0 Å². The van der Waals surface area contributed by atoms with Gasteiger partial charge in [0.25, 0.3) is 0 Å². The fourth-order valence-electron chi connectivity index (χ4n) is 0. The Bertz CT molecular complexity index is 7.51. The SMILES string of the molecule is O.O.O.OCl.[CaH2]. The molecule has 0 aromatic carbocycles. The Kier molecular flexibility index (Phi) is 846. The zero-order valence-corrected chi connectivity index (χ0v) is 3.08. The summed E-state index contributed by atoms with van der Waals surface area (Å²) < 4.78 is 6.47. The van der Waals surface area contributed by atoms with Gasteiger partial charge in [0, 0.05) is 0 Å². The van der Waals surface area contributed by atoms with Crippen LogP contribution in [0.15, 0.2) is 0 Å². The molecule has 0 atom stereocenters. The average molecular weight is 149 g/mol. The molecular weight excluding hydrogens is 140 g/mol. The third-order valence-electron chi connectivity index (χ3n) is 0. The molecule has 0 amide bonds. The summed E-state index contributed by atoms with van der Waals surface area (Å²) in [6, 6.07) is 0. The van der Waals surface area contributed by atoms with Crippen LogP contribution in [0.2, 0.25) is 0 Å². The van der Waals surface area contributed by atoms with E-state index in [0.717, 1.165) is 0 Å². The van der Waals surface area contributed by atoms with E-state index >= 15 is 0 Å². The van der Waals surface area contributed by atoms with Crippen molar-refractivity contribution in [3.8, 4) is 0 Å². The number of halogens is 1. The molecule has 0 saturated carbocycles. The van der Waals surface area contributed by atoms with Gasteiger partial charge < -0.3 is 16.4 Å². The van der Waals surface area contributed by atoms with Gasteiger partial charge >= 0.3 is 37.7 Å². The maximum atomic E-state index is 6.47. The molecule has 0 aliphatic carbocycles. The molecule has 6 heteroatoms. The second-order valence-electron chi connectivity index (χ2n) is 0. The average Bonchev–Trinajstić information content (AvgIpc) is 1.00. The molecule has 0 saturated heterocycles. The quantitative estimate of drug-likeness (QED) is 0.357. The summed E-state index contributed by atoms with van der Waals surface area (Å²) in [6.45, 7) is 0. The van der Waals surface area contributed by atoms with Crippen LogP contribution in [-0.2, 0) is 0 Å². The number of hydrogen-bond acceptors (Lipinski definition) is 1. The van der Waals surface area contributed by atoms with Gasteiger partial charge in [-0.3, -0.25) is 4.66 Å². The molecule has 0 unspecified atom stereocenters. The van der Waals surface area contributed by atoms with Crippen molar-refractivity contribution in [2.45, 2.75) is 0 Å². The monoisotopic (exact) mass is 148 g/mol. The Morgan fingerprint density at radius 1 is 0.833 bits per heavy atom. The van der Waals surface area contributed by atoms with Crippen molar-refractivity contribution >= 4 is 49.6 Å². The van der Waals surface area contributed by atoms with Crippen LogP contribution < -0.4 is 0 Å². The molecule has 0 aliphatic rings. The fraction of sp³-hybridized carbons (Fsp3) is 0. The van der Waals surface area contributed by atoms with Gasteiger partial charge in [-0.1, -0.05) is 0 Å². The predicted molar refractivity (Wildman–Crippen MR) is 27.5 cm³/mol. The van der Waals surface area contributed by atoms with Crippen LogP contribution in [0.1, 0.15) is 0 Å². The van der Waals surface area contributed by atoms with Crippen molar-refractivity contribution in [1.82, 2.24) is 0 Å². The Balaban J connectivity index is -0.000000000833. The topological polar surface area (TPSA) is 115 Å². The Morgan fingerprint density at radius 3 is 0.833 bits per heavy atom. The van der Waals surface area contributed by atoms with E-state index < -0.39 is 0 Å². The molecule has 0 bridgehead atoms. The van der Waals surface area contributed by atoms with Crippen LogP contribution in [0.5, 0.6) is 0 Å². The number of hydrogen-bond donors (Lipinski definition) is 1. The third kappa shape index (κ3) is 53.8. The van der Waals surface area contributed by atoms with Gasteiger partial charge in [0.15, 0.2) is 0 Å². The van der Waals surface area contributed by atoms with E-state index in [2.05, 4.69) is 11.9 Å². The Hall–Kier alpha value is 1.39. The van der Waals surface area contributed by atoms with E-state index in [0.29, 0.717) is 0 Å². The van der Waals surface area contributed by atoms with Crippen LogP contribution in [0.25, 0.3) is 0 Å². The zero-order valence-electron chi connectivity index (χ0n) is 2.33. The van der Waals surface area contributed by atoms with E-state index in [9.17, 15) is 0 Å². The summed E-state index contributed by atoms with van der Waals surface area (Å²) in [5.74, 6) is 0. The molecule has 0 radical (unpaired) electrons. The van der Waals surface area contributed by atoms with Crippen molar-refractivity contribution in [3.05, 3.63) is 0 Å². The third-order valence-corrected chi connectivity index (χ3v) is 0. The summed E-state index contributed by atoms with van der Waals surface area (Å²) in [7, 11) is 0. The van der Waals surface area contributed by atoms with Gasteiger partial charge in [-0.05, 0) is 0 Å². The first-order chi connectivity index (χ1) is 1.00. The molecule has 6 heavy (non-hydrogen) atoms. The first kappa shape index (κ1) is 52.8. The summed E-state index contributed by atoms with van der Waals surface area (Å²) >= 11 is 3.64. The van der Waals surface area contributed by atoms with Gasteiger partial charge in [0.2, 0.25) is 0 Å². The molecular formula is H9CaClO4. The van der Waals surface area contributed by atoms with Crippen molar-refractivity contribution in [2.24, 2.45) is 0 Å². The molecule has 0 fully saturated rings. The zero-order chi connectivity index (χ0) is 2.00.